The fourth-order valence-corrected chi connectivity index (χ4v) is 2.33. The summed E-state index contributed by atoms with van der Waals surface area (Å²) in [5.74, 6) is -0.911. The van der Waals surface area contributed by atoms with E-state index in [0.29, 0.717) is 0 Å². The number of esters is 1. The molecule has 1 aliphatic heterocycles. The first-order chi connectivity index (χ1) is 9.85. The number of H-pyrrole nitrogens is 1. The van der Waals surface area contributed by atoms with Crippen LogP contribution in [0.15, 0.2) is 15.8 Å². The van der Waals surface area contributed by atoms with Crippen molar-refractivity contribution in [2.45, 2.75) is 31.3 Å². The lowest BCUT2D eigenvalue weighted by atomic mass is 10.1. The highest BCUT2D eigenvalue weighted by molar-refractivity contribution is 5.77. The largest absolute Gasteiger partial charge is 0.465 e. The van der Waals surface area contributed by atoms with Crippen LogP contribution in [0.4, 0.5) is 0 Å². The minimum absolute atomic E-state index is 0.184. The lowest BCUT2D eigenvalue weighted by molar-refractivity contribution is -0.186. The number of nitrogens with zero attached hydrogens (tertiary/aromatic N) is 1. The number of methoxy groups -OCH3 is 1. The molecule has 1 saturated heterocycles. The third-order valence-electron chi connectivity index (χ3n) is 3.45. The van der Waals surface area contributed by atoms with Gasteiger partial charge in [0.25, 0.3) is 11.3 Å². The van der Waals surface area contributed by atoms with Crippen molar-refractivity contribution in [3.63, 3.8) is 0 Å². The maximum absolute atomic E-state index is 12.1. The van der Waals surface area contributed by atoms with Crippen molar-refractivity contribution < 1.29 is 24.5 Å². The van der Waals surface area contributed by atoms with Crippen LogP contribution in [0, 0.1) is 6.92 Å². The van der Waals surface area contributed by atoms with Gasteiger partial charge in [-0.1, -0.05) is 0 Å². The molecule has 1 aromatic heterocycles. The predicted octanol–water partition coefficient (Wildman–Crippen LogP) is -2.19. The highest BCUT2D eigenvalue weighted by atomic mass is 16.6. The van der Waals surface area contributed by atoms with Gasteiger partial charge >= 0.3 is 11.7 Å². The molecule has 9 nitrogen and oxygen atoms in total. The second kappa shape index (κ2) is 5.43. The van der Waals surface area contributed by atoms with E-state index in [1.807, 2.05) is 0 Å². The number of aromatic nitrogens is 2. The van der Waals surface area contributed by atoms with Crippen LogP contribution in [0.3, 0.4) is 0 Å². The van der Waals surface area contributed by atoms with E-state index in [-0.39, 0.29) is 12.0 Å². The monoisotopic (exact) mass is 300 g/mol. The van der Waals surface area contributed by atoms with Crippen molar-refractivity contribution >= 4 is 5.97 Å². The Balaban J connectivity index is 2.63. The van der Waals surface area contributed by atoms with Crippen molar-refractivity contribution in [3.05, 3.63) is 32.6 Å². The van der Waals surface area contributed by atoms with Gasteiger partial charge in [0.2, 0.25) is 0 Å². The van der Waals surface area contributed by atoms with Crippen LogP contribution in [0.5, 0.6) is 0 Å². The molecule has 0 radical (unpaired) electrons. The Labute approximate surface area is 118 Å². The molecule has 0 aliphatic carbocycles. The number of hydrogen-bond donors (Lipinski definition) is 3. The lowest BCUT2D eigenvalue weighted by Gasteiger charge is -2.28. The van der Waals surface area contributed by atoms with Gasteiger partial charge in [0, 0.05) is 18.2 Å². The number of aliphatic hydroxyl groups excluding tert-OH is 2. The molecule has 0 amide bonds. The summed E-state index contributed by atoms with van der Waals surface area (Å²) in [6.45, 7) is 0.922. The van der Waals surface area contributed by atoms with Gasteiger partial charge in [-0.2, -0.15) is 0 Å². The number of nitrogens with one attached hydrogen (secondary N) is 1. The minimum Gasteiger partial charge on any atom is -0.465 e. The third-order valence-corrected chi connectivity index (χ3v) is 3.45. The molecule has 9 heteroatoms. The molecule has 0 bridgehead atoms. The van der Waals surface area contributed by atoms with Gasteiger partial charge in [0.1, 0.15) is 6.10 Å². The molecule has 1 aromatic rings. The number of rotatable bonds is 3. The van der Waals surface area contributed by atoms with Gasteiger partial charge in [-0.05, 0) is 6.92 Å². The standard InChI is InChI=1S/C12H16N2O7/c1-6-4-14(11(19)13-9(6)17)12(10(18)20-2)3-7(16)8(5-15)21-12/h4,7-8,15-16H,3,5H2,1-2H3,(H,13,17,19)/t7-,8+,12-/m0/s1. The van der Waals surface area contributed by atoms with E-state index in [2.05, 4.69) is 9.72 Å². The summed E-state index contributed by atoms with van der Waals surface area (Å²) in [5, 5.41) is 19.0. The Bertz CT molecular complexity index is 664. The van der Waals surface area contributed by atoms with Crippen molar-refractivity contribution in [1.29, 1.82) is 0 Å². The Hall–Kier alpha value is -1.97. The van der Waals surface area contributed by atoms with E-state index in [1.165, 1.54) is 6.92 Å². The lowest BCUT2D eigenvalue weighted by Crippen LogP contribution is -2.50. The Morgan fingerprint density at radius 1 is 1.62 bits per heavy atom. The number of hydrogen-bond acceptors (Lipinski definition) is 7. The quantitative estimate of drug-likeness (QED) is 0.540. The number of aliphatic hydroxyl groups is 2. The summed E-state index contributed by atoms with van der Waals surface area (Å²) < 4.78 is 10.9. The first-order valence-corrected chi connectivity index (χ1v) is 6.24. The first kappa shape index (κ1) is 15.4. The van der Waals surface area contributed by atoms with E-state index in [1.54, 1.807) is 0 Å². The molecule has 1 aliphatic rings. The van der Waals surface area contributed by atoms with Gasteiger partial charge in [0.15, 0.2) is 0 Å². The summed E-state index contributed by atoms with van der Waals surface area (Å²) in [5.41, 5.74) is -3.20. The molecular weight excluding hydrogens is 284 g/mol. The minimum atomic E-state index is -1.92. The van der Waals surface area contributed by atoms with Crippen LogP contribution >= 0.6 is 0 Å². The zero-order valence-corrected chi connectivity index (χ0v) is 11.5. The maximum Gasteiger partial charge on any atom is 0.360 e. The summed E-state index contributed by atoms with van der Waals surface area (Å²) in [4.78, 5) is 37.6. The summed E-state index contributed by atoms with van der Waals surface area (Å²) in [6.07, 6.45) is -1.32. The third kappa shape index (κ3) is 2.39. The second-order valence-corrected chi connectivity index (χ2v) is 4.83. The molecule has 0 unspecified atom stereocenters. The average Bonchev–Trinajstić information content (AvgIpc) is 2.79. The molecule has 0 spiro atoms. The predicted molar refractivity (Wildman–Crippen MR) is 68.6 cm³/mol. The molecule has 1 fully saturated rings. The Morgan fingerprint density at radius 3 is 2.81 bits per heavy atom. The average molecular weight is 300 g/mol. The van der Waals surface area contributed by atoms with Crippen LogP contribution in [0.2, 0.25) is 0 Å². The van der Waals surface area contributed by atoms with E-state index < -0.39 is 41.8 Å². The van der Waals surface area contributed by atoms with Gasteiger partial charge in [0.05, 0.1) is 19.8 Å². The first-order valence-electron chi connectivity index (χ1n) is 6.24. The van der Waals surface area contributed by atoms with Crippen LogP contribution in [-0.4, -0.2) is 51.7 Å². The molecule has 0 saturated carbocycles. The van der Waals surface area contributed by atoms with Gasteiger partial charge in [-0.3, -0.25) is 14.3 Å². The number of ether oxygens (including phenoxy) is 2. The van der Waals surface area contributed by atoms with E-state index in [4.69, 9.17) is 9.84 Å². The number of carbonyl (C=O) groups is 1. The van der Waals surface area contributed by atoms with Gasteiger partial charge in [-0.15, -0.1) is 0 Å². The van der Waals surface area contributed by atoms with Crippen LogP contribution < -0.4 is 11.2 Å². The number of carbonyl (C=O) groups excluding carboxylic acids is 1. The molecule has 2 heterocycles. The summed E-state index contributed by atoms with van der Waals surface area (Å²) >= 11 is 0. The normalized spacial score (nSPS) is 28.6. The maximum atomic E-state index is 12.1. The summed E-state index contributed by atoms with van der Waals surface area (Å²) in [7, 11) is 1.11. The van der Waals surface area contributed by atoms with Crippen molar-refractivity contribution in [2.24, 2.45) is 0 Å². The van der Waals surface area contributed by atoms with Crippen LogP contribution in [0.1, 0.15) is 12.0 Å². The van der Waals surface area contributed by atoms with Crippen molar-refractivity contribution in [2.75, 3.05) is 13.7 Å². The highest BCUT2D eigenvalue weighted by Crippen LogP contribution is 2.35. The SMILES string of the molecule is COC(=O)[C@]1(n2cc(C)c(=O)[nH]c2=O)C[C@H](O)[C@@H](CO)O1. The Morgan fingerprint density at radius 2 is 2.29 bits per heavy atom. The fraction of sp³-hybridized carbons (Fsp3) is 0.583. The van der Waals surface area contributed by atoms with E-state index in [9.17, 15) is 19.5 Å². The van der Waals surface area contributed by atoms with Crippen LogP contribution in [-0.2, 0) is 20.0 Å². The molecule has 0 aromatic carbocycles. The molecule has 3 N–H and O–H groups in total. The zero-order valence-electron chi connectivity index (χ0n) is 11.5. The van der Waals surface area contributed by atoms with Gasteiger partial charge in [-0.25, -0.2) is 9.59 Å². The fourth-order valence-electron chi connectivity index (χ4n) is 2.33. The zero-order chi connectivity index (χ0) is 15.8. The molecule has 116 valence electrons. The number of aryl methyl sites for hydroxylation is 1. The second-order valence-electron chi connectivity index (χ2n) is 4.83. The smallest absolute Gasteiger partial charge is 0.360 e. The topological polar surface area (TPSA) is 131 Å². The van der Waals surface area contributed by atoms with Crippen LogP contribution in [0.25, 0.3) is 0 Å². The van der Waals surface area contributed by atoms with Crippen molar-refractivity contribution in [1.82, 2.24) is 9.55 Å². The van der Waals surface area contributed by atoms with Crippen molar-refractivity contribution in [3.8, 4) is 0 Å². The number of aromatic amines is 1. The van der Waals surface area contributed by atoms with E-state index >= 15 is 0 Å². The summed E-state index contributed by atoms with van der Waals surface area (Å²) in [6, 6.07) is 0. The highest BCUT2D eigenvalue weighted by Gasteiger charge is 2.54. The Kier molecular flexibility index (Phi) is 3.99. The van der Waals surface area contributed by atoms with Gasteiger partial charge < -0.3 is 19.7 Å². The van der Waals surface area contributed by atoms with E-state index in [0.717, 1.165) is 17.9 Å². The molecular formula is C12H16N2O7. The molecule has 21 heavy (non-hydrogen) atoms. The molecule has 3 atom stereocenters. The molecule has 2 rings (SSSR count).